The molecular weight excluding hydrogens is 262 g/mol. The molecule has 108 valence electrons. The molecule has 3 N–H and O–H groups in total. The van der Waals surface area contributed by atoms with Crippen LogP contribution in [0.3, 0.4) is 0 Å². The molecule has 1 aromatic carbocycles. The highest BCUT2D eigenvalue weighted by atomic mass is 16.6. The molecule has 1 aliphatic heterocycles. The lowest BCUT2D eigenvalue weighted by molar-refractivity contribution is -0.282. The Morgan fingerprint density at radius 2 is 2.00 bits per heavy atom. The van der Waals surface area contributed by atoms with Gasteiger partial charge in [0.2, 0.25) is 0 Å². The Bertz CT molecular complexity index is 506. The highest BCUT2D eigenvalue weighted by Crippen LogP contribution is 2.34. The molecule has 0 amide bonds. The number of hydrogen-bond donors (Lipinski definition) is 3. The topological polar surface area (TPSA) is 119 Å². The van der Waals surface area contributed by atoms with Crippen LogP contribution in [0, 0.1) is 0 Å². The first kappa shape index (κ1) is 14.8. The molecule has 20 heavy (non-hydrogen) atoms. The Morgan fingerprint density at radius 3 is 2.60 bits per heavy atom. The third-order valence-corrected chi connectivity index (χ3v) is 3.60. The van der Waals surface area contributed by atoms with Crippen molar-refractivity contribution in [1.29, 1.82) is 0 Å². The molecule has 0 aliphatic carbocycles. The predicted octanol–water partition coefficient (Wildman–Crippen LogP) is 0.737. The van der Waals surface area contributed by atoms with Gasteiger partial charge >= 0.3 is 0 Å². The van der Waals surface area contributed by atoms with Gasteiger partial charge in [-0.25, -0.2) is 0 Å². The molecule has 2 rings (SSSR count). The fourth-order valence-corrected chi connectivity index (χ4v) is 2.58. The molecule has 0 aromatic heterocycles. The van der Waals surface area contributed by atoms with Crippen LogP contribution in [0.5, 0.6) is 0 Å². The maximum Gasteiger partial charge on any atom is 0.184 e. The van der Waals surface area contributed by atoms with Crippen LogP contribution in [-0.2, 0) is 11.2 Å². The predicted molar refractivity (Wildman–Crippen MR) is 70.6 cm³/mol. The van der Waals surface area contributed by atoms with E-state index in [2.05, 4.69) is 10.0 Å². The van der Waals surface area contributed by atoms with Gasteiger partial charge in [-0.05, 0) is 18.0 Å². The van der Waals surface area contributed by atoms with E-state index >= 15 is 0 Å². The van der Waals surface area contributed by atoms with Gasteiger partial charge in [-0.2, -0.15) is 0 Å². The maximum absolute atomic E-state index is 10.8. The third-order valence-electron chi connectivity index (χ3n) is 3.60. The van der Waals surface area contributed by atoms with E-state index in [4.69, 9.17) is 10.3 Å². The first-order chi connectivity index (χ1) is 9.49. The molecule has 1 saturated heterocycles. The maximum atomic E-state index is 10.8. The molecule has 0 saturated carbocycles. The molecule has 0 unspecified atom stereocenters. The minimum atomic E-state index is -1.79. The van der Waals surface area contributed by atoms with Gasteiger partial charge in [-0.1, -0.05) is 35.4 Å². The van der Waals surface area contributed by atoms with Gasteiger partial charge in [0.1, 0.15) is 11.7 Å². The van der Waals surface area contributed by atoms with Crippen LogP contribution in [0.1, 0.15) is 12.5 Å². The van der Waals surface area contributed by atoms with Crippen molar-refractivity contribution in [3.05, 3.63) is 46.3 Å². The van der Waals surface area contributed by atoms with Gasteiger partial charge in [0.05, 0.1) is 12.1 Å². The van der Waals surface area contributed by atoms with E-state index in [0.717, 1.165) is 5.56 Å². The molecular formula is C13H17N3O4. The number of aliphatic hydroxyl groups excluding tert-OH is 2. The Hall–Kier alpha value is -1.63. The summed E-state index contributed by atoms with van der Waals surface area (Å²) in [5.41, 5.74) is 7.61. The average Bonchev–Trinajstić information content (AvgIpc) is 2.43. The summed E-state index contributed by atoms with van der Waals surface area (Å²) in [6.07, 6.45) is -3.75. The largest absolute Gasteiger partial charge is 0.386 e. The second-order valence-electron chi connectivity index (χ2n) is 4.98. The van der Waals surface area contributed by atoms with Crippen molar-refractivity contribution in [2.75, 3.05) is 0 Å². The first-order valence-electron chi connectivity index (χ1n) is 6.31. The van der Waals surface area contributed by atoms with Crippen LogP contribution in [0.2, 0.25) is 0 Å². The van der Waals surface area contributed by atoms with Crippen molar-refractivity contribution in [2.45, 2.75) is 43.5 Å². The molecule has 1 heterocycles. The second-order valence-corrected chi connectivity index (χ2v) is 4.98. The highest BCUT2D eigenvalue weighted by molar-refractivity contribution is 5.20. The Kier molecular flexibility index (Phi) is 4.27. The number of hydrogen-bond acceptors (Lipinski definition) is 5. The fourth-order valence-electron chi connectivity index (χ4n) is 2.58. The summed E-state index contributed by atoms with van der Waals surface area (Å²) >= 11 is 0. The van der Waals surface area contributed by atoms with E-state index in [1.54, 1.807) is 31.2 Å². The lowest BCUT2D eigenvalue weighted by Gasteiger charge is -2.46. The monoisotopic (exact) mass is 279 g/mol. The van der Waals surface area contributed by atoms with Crippen molar-refractivity contribution in [2.24, 2.45) is 5.11 Å². The van der Waals surface area contributed by atoms with Crippen LogP contribution in [0.15, 0.2) is 35.4 Å². The number of azide groups is 1. The van der Waals surface area contributed by atoms with E-state index in [-0.39, 0.29) is 6.42 Å². The molecule has 1 aliphatic rings. The number of aliphatic hydroxyl groups is 3. The van der Waals surface area contributed by atoms with Crippen molar-refractivity contribution >= 4 is 0 Å². The van der Waals surface area contributed by atoms with Gasteiger partial charge in [0, 0.05) is 11.3 Å². The van der Waals surface area contributed by atoms with Crippen LogP contribution in [0.4, 0.5) is 0 Å². The summed E-state index contributed by atoms with van der Waals surface area (Å²) in [4.78, 5) is 2.70. The Balaban J connectivity index is 2.37. The standard InChI is InChI=1S/C13H17N3O4/c1-8-10(15-16-14)13(19,11(17)12(18)20-8)7-9-5-3-2-4-6-9/h2-6,8,10-12,17-19H,7H2,1H3/t8-,10-,11-,12+,13+/m1/s1. The molecule has 7 nitrogen and oxygen atoms in total. The number of benzene rings is 1. The Labute approximate surface area is 116 Å². The molecule has 0 bridgehead atoms. The summed E-state index contributed by atoms with van der Waals surface area (Å²) in [6.45, 7) is 1.57. The van der Waals surface area contributed by atoms with E-state index in [0.29, 0.717) is 0 Å². The first-order valence-corrected chi connectivity index (χ1v) is 6.31. The minimum Gasteiger partial charge on any atom is -0.386 e. The lowest BCUT2D eigenvalue weighted by Crippen LogP contribution is -2.66. The summed E-state index contributed by atoms with van der Waals surface area (Å²) < 4.78 is 5.08. The van der Waals surface area contributed by atoms with E-state index in [9.17, 15) is 15.3 Å². The van der Waals surface area contributed by atoms with Crippen molar-refractivity contribution < 1.29 is 20.1 Å². The molecule has 0 spiro atoms. The molecule has 1 fully saturated rings. The number of ether oxygens (including phenoxy) is 1. The SMILES string of the molecule is C[C@H]1O[C@H](O)[C@@H](O)[C@](O)(Cc2ccccc2)[C@@H]1N=[N+]=[N-]. The smallest absolute Gasteiger partial charge is 0.184 e. The number of rotatable bonds is 3. The van der Waals surface area contributed by atoms with Gasteiger partial charge in [-0.15, -0.1) is 0 Å². The molecule has 1 aromatic rings. The van der Waals surface area contributed by atoms with E-state index in [1.165, 1.54) is 0 Å². The summed E-state index contributed by atoms with van der Waals surface area (Å²) in [6, 6.07) is 8.00. The van der Waals surface area contributed by atoms with Crippen LogP contribution in [-0.4, -0.2) is 45.5 Å². The quantitative estimate of drug-likeness (QED) is 0.429. The molecule has 5 atom stereocenters. The average molecular weight is 279 g/mol. The van der Waals surface area contributed by atoms with Crippen molar-refractivity contribution in [1.82, 2.24) is 0 Å². The van der Waals surface area contributed by atoms with Crippen LogP contribution in [0.25, 0.3) is 10.4 Å². The second kappa shape index (κ2) is 5.78. The van der Waals surface area contributed by atoms with E-state index < -0.39 is 30.1 Å². The van der Waals surface area contributed by atoms with Crippen LogP contribution < -0.4 is 0 Å². The zero-order valence-electron chi connectivity index (χ0n) is 11.0. The normalized spacial score (nSPS) is 37.2. The van der Waals surface area contributed by atoms with E-state index in [1.807, 2.05) is 6.07 Å². The Morgan fingerprint density at radius 1 is 1.35 bits per heavy atom. The summed E-state index contributed by atoms with van der Waals surface area (Å²) in [7, 11) is 0. The van der Waals surface area contributed by atoms with Gasteiger partial charge in [0.25, 0.3) is 0 Å². The fraction of sp³-hybridized carbons (Fsp3) is 0.538. The zero-order chi connectivity index (χ0) is 14.8. The van der Waals surface area contributed by atoms with Gasteiger partial charge in [0.15, 0.2) is 6.29 Å². The van der Waals surface area contributed by atoms with Gasteiger partial charge < -0.3 is 20.1 Å². The lowest BCUT2D eigenvalue weighted by atomic mass is 9.78. The van der Waals surface area contributed by atoms with Crippen LogP contribution >= 0.6 is 0 Å². The minimum absolute atomic E-state index is 0.0451. The van der Waals surface area contributed by atoms with Gasteiger partial charge in [-0.3, -0.25) is 0 Å². The van der Waals surface area contributed by atoms with Crippen molar-refractivity contribution in [3.8, 4) is 0 Å². The summed E-state index contributed by atoms with van der Waals surface area (Å²) in [5.74, 6) is 0. The zero-order valence-corrected chi connectivity index (χ0v) is 11.0. The molecule has 7 heteroatoms. The molecule has 0 radical (unpaired) electrons. The third kappa shape index (κ3) is 2.63. The summed E-state index contributed by atoms with van der Waals surface area (Å²) in [5, 5.41) is 34.0. The van der Waals surface area contributed by atoms with Crippen molar-refractivity contribution in [3.63, 3.8) is 0 Å². The number of nitrogens with zero attached hydrogens (tertiary/aromatic N) is 3. The highest BCUT2D eigenvalue weighted by Gasteiger charge is 2.53.